The summed E-state index contributed by atoms with van der Waals surface area (Å²) in [6.45, 7) is 5.43. The summed E-state index contributed by atoms with van der Waals surface area (Å²) in [5.41, 5.74) is -0.00278. The molecule has 0 unspecified atom stereocenters. The lowest BCUT2D eigenvalue weighted by Gasteiger charge is -2.37. The zero-order valence-electron chi connectivity index (χ0n) is 17.2. The van der Waals surface area contributed by atoms with E-state index in [9.17, 15) is 13.2 Å². The molecule has 1 saturated heterocycles. The van der Waals surface area contributed by atoms with Gasteiger partial charge in [-0.3, -0.25) is 4.99 Å². The molecule has 0 bridgehead atoms. The lowest BCUT2D eigenvalue weighted by atomic mass is 10.1. The summed E-state index contributed by atoms with van der Waals surface area (Å²) in [6, 6.07) is 5.52. The van der Waals surface area contributed by atoms with Gasteiger partial charge in [0.1, 0.15) is 0 Å². The van der Waals surface area contributed by atoms with Gasteiger partial charge >= 0.3 is 6.18 Å². The summed E-state index contributed by atoms with van der Waals surface area (Å²) < 4.78 is 49.2. The van der Waals surface area contributed by atoms with E-state index in [1.165, 1.54) is 12.1 Å². The summed E-state index contributed by atoms with van der Waals surface area (Å²) in [7, 11) is 3.40. The Balaban J connectivity index is 1.73. The predicted octanol–water partition coefficient (Wildman–Crippen LogP) is 2.85. The van der Waals surface area contributed by atoms with Crippen LogP contribution in [0.15, 0.2) is 29.3 Å². The van der Waals surface area contributed by atoms with Crippen LogP contribution in [-0.4, -0.2) is 77.6 Å². The summed E-state index contributed by atoms with van der Waals surface area (Å²) in [5, 5.41) is 3.35. The molecule has 0 radical (unpaired) electrons. The number of benzene rings is 1. The molecule has 1 aliphatic heterocycles. The van der Waals surface area contributed by atoms with Crippen molar-refractivity contribution < 1.29 is 22.6 Å². The number of nitrogens with one attached hydrogen (secondary N) is 1. The van der Waals surface area contributed by atoms with Crippen LogP contribution in [-0.2, 0) is 15.7 Å². The number of hydrogen-bond donors (Lipinski definition) is 1. The highest BCUT2D eigenvalue weighted by Gasteiger charge is 2.31. The highest BCUT2D eigenvalue weighted by atomic mass is 19.4. The van der Waals surface area contributed by atoms with Gasteiger partial charge in [-0.05, 0) is 31.0 Å². The highest BCUT2D eigenvalue weighted by molar-refractivity contribution is 5.80. The second-order valence-corrected chi connectivity index (χ2v) is 6.81. The van der Waals surface area contributed by atoms with Gasteiger partial charge in [0.15, 0.2) is 5.96 Å². The fourth-order valence-corrected chi connectivity index (χ4v) is 3.16. The average Bonchev–Trinajstić information content (AvgIpc) is 2.72. The summed E-state index contributed by atoms with van der Waals surface area (Å²) in [5.74, 6) is 0.828. The van der Waals surface area contributed by atoms with Gasteiger partial charge in [-0.1, -0.05) is 6.07 Å². The van der Waals surface area contributed by atoms with E-state index in [1.807, 2.05) is 4.90 Å². The lowest BCUT2D eigenvalue weighted by Crippen LogP contribution is -2.52. The number of aliphatic imine (C=N–C) groups is 1. The van der Waals surface area contributed by atoms with E-state index < -0.39 is 11.7 Å². The zero-order valence-corrected chi connectivity index (χ0v) is 17.2. The minimum atomic E-state index is -4.32. The number of hydrogen-bond acceptors (Lipinski definition) is 4. The molecule has 1 fully saturated rings. The monoisotopic (exact) mass is 416 g/mol. The number of piperazine rings is 1. The average molecular weight is 416 g/mol. The van der Waals surface area contributed by atoms with E-state index in [-0.39, 0.29) is 0 Å². The topological polar surface area (TPSA) is 49.3 Å². The minimum absolute atomic E-state index is 0.607. The molecule has 0 aromatic heterocycles. The standard InChI is InChI=1S/C20H31F3N4O2/c1-24-19(25-8-3-4-13-29-15-14-28-2)27-11-9-26(10-12-27)18-7-5-6-17(16-18)20(21,22)23/h5-7,16H,3-4,8-15H2,1-2H3,(H,24,25). The molecule has 0 atom stereocenters. The van der Waals surface area contributed by atoms with Crippen molar-refractivity contribution in [2.45, 2.75) is 19.0 Å². The number of rotatable bonds is 9. The maximum absolute atomic E-state index is 12.9. The molecule has 0 aliphatic carbocycles. The summed E-state index contributed by atoms with van der Waals surface area (Å²) in [4.78, 5) is 8.45. The number of unbranched alkanes of at least 4 members (excludes halogenated alkanes) is 1. The highest BCUT2D eigenvalue weighted by Crippen LogP contribution is 2.31. The van der Waals surface area contributed by atoms with Crippen molar-refractivity contribution in [3.63, 3.8) is 0 Å². The molecule has 0 spiro atoms. The summed E-state index contributed by atoms with van der Waals surface area (Å²) >= 11 is 0. The van der Waals surface area contributed by atoms with Crippen molar-refractivity contribution in [2.24, 2.45) is 4.99 Å². The Morgan fingerprint density at radius 2 is 1.86 bits per heavy atom. The van der Waals surface area contributed by atoms with E-state index in [0.29, 0.717) is 51.7 Å². The predicted molar refractivity (Wildman–Crippen MR) is 109 cm³/mol. The minimum Gasteiger partial charge on any atom is -0.382 e. The van der Waals surface area contributed by atoms with E-state index >= 15 is 0 Å². The molecule has 1 aromatic rings. The number of anilines is 1. The lowest BCUT2D eigenvalue weighted by molar-refractivity contribution is -0.137. The third kappa shape index (κ3) is 7.74. The molecular weight excluding hydrogens is 385 g/mol. The van der Waals surface area contributed by atoms with Crippen LogP contribution in [0.1, 0.15) is 18.4 Å². The first-order chi connectivity index (χ1) is 14.0. The number of nitrogens with zero attached hydrogens (tertiary/aromatic N) is 3. The fourth-order valence-electron chi connectivity index (χ4n) is 3.16. The van der Waals surface area contributed by atoms with E-state index in [4.69, 9.17) is 9.47 Å². The Morgan fingerprint density at radius 1 is 1.10 bits per heavy atom. The maximum Gasteiger partial charge on any atom is 0.416 e. The van der Waals surface area contributed by atoms with Crippen molar-refractivity contribution in [3.05, 3.63) is 29.8 Å². The molecule has 2 rings (SSSR count). The van der Waals surface area contributed by atoms with Crippen molar-refractivity contribution in [3.8, 4) is 0 Å². The third-order valence-electron chi connectivity index (χ3n) is 4.76. The SMILES string of the molecule is CN=C(NCCCCOCCOC)N1CCN(c2cccc(C(F)(F)F)c2)CC1. The van der Waals surface area contributed by atoms with Gasteiger partial charge in [0.05, 0.1) is 18.8 Å². The van der Waals surface area contributed by atoms with Crippen LogP contribution in [0.3, 0.4) is 0 Å². The maximum atomic E-state index is 12.9. The van der Waals surface area contributed by atoms with Crippen LogP contribution in [0.4, 0.5) is 18.9 Å². The van der Waals surface area contributed by atoms with Gasteiger partial charge < -0.3 is 24.6 Å². The van der Waals surface area contributed by atoms with Gasteiger partial charge in [-0.25, -0.2) is 0 Å². The van der Waals surface area contributed by atoms with E-state index in [0.717, 1.165) is 31.4 Å². The fraction of sp³-hybridized carbons (Fsp3) is 0.650. The molecule has 0 saturated carbocycles. The third-order valence-corrected chi connectivity index (χ3v) is 4.76. The molecule has 164 valence electrons. The molecule has 1 aromatic carbocycles. The van der Waals surface area contributed by atoms with Crippen LogP contribution in [0, 0.1) is 0 Å². The van der Waals surface area contributed by atoms with Gasteiger partial charge in [0, 0.05) is 59.2 Å². The molecule has 1 heterocycles. The van der Waals surface area contributed by atoms with Crippen molar-refractivity contribution in [1.29, 1.82) is 0 Å². The Morgan fingerprint density at radius 3 is 2.52 bits per heavy atom. The Labute approximate surface area is 170 Å². The Kier molecular flexibility index (Phi) is 9.53. The van der Waals surface area contributed by atoms with Gasteiger partial charge in [-0.15, -0.1) is 0 Å². The van der Waals surface area contributed by atoms with Gasteiger partial charge in [0.25, 0.3) is 0 Å². The van der Waals surface area contributed by atoms with Crippen molar-refractivity contribution >= 4 is 11.6 Å². The zero-order chi connectivity index (χ0) is 21.1. The molecule has 29 heavy (non-hydrogen) atoms. The van der Waals surface area contributed by atoms with Crippen LogP contribution in [0.5, 0.6) is 0 Å². The molecule has 9 heteroatoms. The molecule has 1 aliphatic rings. The first-order valence-corrected chi connectivity index (χ1v) is 9.90. The summed E-state index contributed by atoms with van der Waals surface area (Å²) in [6.07, 6.45) is -2.40. The number of guanidine groups is 1. The van der Waals surface area contributed by atoms with Crippen LogP contribution in [0.25, 0.3) is 0 Å². The number of methoxy groups -OCH3 is 1. The number of alkyl halides is 3. The number of halogens is 3. The Bertz CT molecular complexity index is 632. The number of ether oxygens (including phenoxy) is 2. The largest absolute Gasteiger partial charge is 0.416 e. The van der Waals surface area contributed by atoms with E-state index in [2.05, 4.69) is 15.2 Å². The quantitative estimate of drug-likeness (QED) is 0.381. The second kappa shape index (κ2) is 11.9. The smallest absolute Gasteiger partial charge is 0.382 e. The molecule has 6 nitrogen and oxygen atoms in total. The molecular formula is C20H31F3N4O2. The van der Waals surface area contributed by atoms with Gasteiger partial charge in [-0.2, -0.15) is 13.2 Å². The van der Waals surface area contributed by atoms with E-state index in [1.54, 1.807) is 20.2 Å². The van der Waals surface area contributed by atoms with Crippen LogP contribution in [0.2, 0.25) is 0 Å². The Hall–Kier alpha value is -2.00. The first kappa shape index (κ1) is 23.3. The van der Waals surface area contributed by atoms with Crippen LogP contribution >= 0.6 is 0 Å². The normalized spacial score (nSPS) is 15.7. The van der Waals surface area contributed by atoms with Crippen molar-refractivity contribution in [1.82, 2.24) is 10.2 Å². The molecule has 0 amide bonds. The second-order valence-electron chi connectivity index (χ2n) is 6.81. The van der Waals surface area contributed by atoms with Crippen molar-refractivity contribution in [2.75, 3.05) is 71.6 Å². The van der Waals surface area contributed by atoms with Crippen LogP contribution < -0.4 is 10.2 Å². The first-order valence-electron chi connectivity index (χ1n) is 9.90. The molecule has 1 N–H and O–H groups in total. The van der Waals surface area contributed by atoms with Gasteiger partial charge in [0.2, 0.25) is 0 Å².